The summed E-state index contributed by atoms with van der Waals surface area (Å²) in [6.07, 6.45) is 12.7. The van der Waals surface area contributed by atoms with E-state index in [9.17, 15) is 27.6 Å². The second kappa shape index (κ2) is 15.4. The van der Waals surface area contributed by atoms with E-state index >= 15 is 0 Å². The lowest BCUT2D eigenvalue weighted by atomic mass is 9.94. The number of carbonyl (C=O) groups is 4. The van der Waals surface area contributed by atoms with Crippen molar-refractivity contribution in [2.45, 2.75) is 106 Å². The Balaban J connectivity index is 1.19. The summed E-state index contributed by atoms with van der Waals surface area (Å²) < 4.78 is 39.7. The highest BCUT2D eigenvalue weighted by Crippen LogP contribution is 2.46. The zero-order valence-corrected chi connectivity index (χ0v) is 31.6. The molecule has 1 aromatic heterocycles. The Hall–Kier alpha value is -3.91. The number of sulfonamides is 1. The molecule has 0 radical (unpaired) electrons. The number of nitrogens with one attached hydrogen (secondary N) is 2. The lowest BCUT2D eigenvalue weighted by Gasteiger charge is -2.31. The molecular weight excluding hydrogens is 722 g/mol. The predicted octanol–water partition coefficient (Wildman–Crippen LogP) is 4.27. The van der Waals surface area contributed by atoms with Crippen molar-refractivity contribution in [3.8, 4) is 11.6 Å². The molecule has 1 aromatic carbocycles. The average molecular weight is 770 g/mol. The zero-order chi connectivity index (χ0) is 37.3. The summed E-state index contributed by atoms with van der Waals surface area (Å²) in [5, 5.41) is 3.99. The predicted molar refractivity (Wildman–Crippen MR) is 198 cm³/mol. The highest BCUT2D eigenvalue weighted by Gasteiger charge is 2.62. The van der Waals surface area contributed by atoms with Crippen LogP contribution in [-0.2, 0) is 29.2 Å². The first-order chi connectivity index (χ1) is 25.5. The SMILES string of the molecule is COc1ccc2c(O[C@@H]3C[C@H]4C(=O)NC5(C(=O)NS(=O)(=O)C6CC6)C[C@H]5C=CCCCCC[C@H](CC(=O)N5CCCCC5)C(=O)N4C3)nccc2c1Cl. The number of pyridine rings is 1. The first kappa shape index (κ1) is 37.4. The molecule has 15 heteroatoms. The summed E-state index contributed by atoms with van der Waals surface area (Å²) in [4.78, 5) is 64.1. The molecule has 2 N–H and O–H groups in total. The van der Waals surface area contributed by atoms with Gasteiger partial charge < -0.3 is 24.6 Å². The second-order valence-electron chi connectivity index (χ2n) is 15.1. The molecule has 2 aromatic rings. The van der Waals surface area contributed by atoms with Crippen LogP contribution in [0.1, 0.15) is 83.5 Å². The zero-order valence-electron chi connectivity index (χ0n) is 30.1. The van der Waals surface area contributed by atoms with Crippen LogP contribution in [0.4, 0.5) is 0 Å². The van der Waals surface area contributed by atoms with Crippen LogP contribution in [0.15, 0.2) is 36.5 Å². The maximum absolute atomic E-state index is 14.6. The van der Waals surface area contributed by atoms with Crippen molar-refractivity contribution in [1.82, 2.24) is 24.8 Å². The Morgan fingerprint density at radius 3 is 2.57 bits per heavy atom. The number of likely N-dealkylation sites (tertiary alicyclic amines) is 1. The lowest BCUT2D eigenvalue weighted by molar-refractivity contribution is -0.145. The summed E-state index contributed by atoms with van der Waals surface area (Å²) in [6.45, 7) is 1.39. The monoisotopic (exact) mass is 769 g/mol. The van der Waals surface area contributed by atoms with Crippen LogP contribution < -0.4 is 19.5 Å². The Bertz CT molecular complexity index is 1900. The fourth-order valence-corrected chi connectivity index (χ4v) is 9.71. The highest BCUT2D eigenvalue weighted by molar-refractivity contribution is 7.91. The Kier molecular flexibility index (Phi) is 10.9. The van der Waals surface area contributed by atoms with Crippen LogP contribution in [0.3, 0.4) is 0 Å². The number of hydrogen-bond donors (Lipinski definition) is 2. The van der Waals surface area contributed by atoms with Crippen LogP contribution in [0.25, 0.3) is 10.8 Å². The van der Waals surface area contributed by atoms with E-state index in [0.717, 1.165) is 44.9 Å². The van der Waals surface area contributed by atoms with Gasteiger partial charge in [0.05, 0.1) is 23.9 Å². The number of allylic oxidation sites excluding steroid dienone is 1. The lowest BCUT2D eigenvalue weighted by Crippen LogP contribution is -2.57. The van der Waals surface area contributed by atoms with Gasteiger partial charge in [-0.2, -0.15) is 0 Å². The number of nitrogens with zero attached hydrogens (tertiary/aromatic N) is 3. The molecule has 0 spiro atoms. The van der Waals surface area contributed by atoms with Crippen molar-refractivity contribution < 1.29 is 37.1 Å². The number of methoxy groups -OCH3 is 1. The van der Waals surface area contributed by atoms with Gasteiger partial charge in [-0.25, -0.2) is 13.4 Å². The van der Waals surface area contributed by atoms with Crippen molar-refractivity contribution in [2.24, 2.45) is 11.8 Å². The van der Waals surface area contributed by atoms with Gasteiger partial charge >= 0.3 is 0 Å². The van der Waals surface area contributed by atoms with E-state index in [1.807, 2.05) is 17.1 Å². The number of fused-ring (bicyclic) bond motifs is 3. The van der Waals surface area contributed by atoms with Crippen LogP contribution in [0.5, 0.6) is 11.6 Å². The minimum atomic E-state index is -3.87. The van der Waals surface area contributed by atoms with Gasteiger partial charge in [-0.1, -0.05) is 36.6 Å². The third kappa shape index (κ3) is 7.99. The van der Waals surface area contributed by atoms with Crippen molar-refractivity contribution in [3.63, 3.8) is 0 Å². The summed E-state index contributed by atoms with van der Waals surface area (Å²) in [5.74, 6) is -1.99. The van der Waals surface area contributed by atoms with E-state index in [-0.39, 0.29) is 43.5 Å². The van der Waals surface area contributed by atoms with Crippen molar-refractivity contribution in [3.05, 3.63) is 41.6 Å². The van der Waals surface area contributed by atoms with E-state index in [2.05, 4.69) is 15.0 Å². The molecule has 5 atom stereocenters. The number of amides is 4. The minimum Gasteiger partial charge on any atom is -0.495 e. The molecule has 286 valence electrons. The molecule has 2 aliphatic carbocycles. The summed E-state index contributed by atoms with van der Waals surface area (Å²) in [7, 11) is -2.35. The van der Waals surface area contributed by atoms with Crippen molar-refractivity contribution in [1.29, 1.82) is 0 Å². The third-order valence-electron chi connectivity index (χ3n) is 11.4. The number of halogens is 1. The van der Waals surface area contributed by atoms with Gasteiger partial charge in [0.2, 0.25) is 33.6 Å². The van der Waals surface area contributed by atoms with E-state index in [1.54, 1.807) is 24.4 Å². The topological polar surface area (TPSA) is 164 Å². The Morgan fingerprint density at radius 1 is 1.04 bits per heavy atom. The molecule has 2 saturated heterocycles. The smallest absolute Gasteiger partial charge is 0.259 e. The number of piperidine rings is 1. The maximum atomic E-state index is 14.6. The van der Waals surface area contributed by atoms with Gasteiger partial charge in [0, 0.05) is 54.7 Å². The Morgan fingerprint density at radius 2 is 1.81 bits per heavy atom. The number of aromatic nitrogens is 1. The largest absolute Gasteiger partial charge is 0.495 e. The number of rotatable bonds is 8. The van der Waals surface area contributed by atoms with Gasteiger partial charge in [0.25, 0.3) is 5.91 Å². The Labute approximate surface area is 315 Å². The van der Waals surface area contributed by atoms with E-state index in [1.165, 1.54) is 12.0 Å². The number of carbonyl (C=O) groups excluding carboxylic acids is 4. The standard InChI is InChI=1S/C38H48ClN5O8S/c1-51-31-15-14-29-28(33(31)39)16-17-40-35(29)52-26-21-30-34(46)41-38(37(48)42-53(49,50)27-12-13-27)22-25(38)11-7-4-2-3-6-10-24(36(47)44(30)23-26)20-32(45)43-18-8-5-9-19-43/h7,11,14-17,24-27,30H,2-6,8-10,12-13,18-23H2,1H3,(H,41,46)(H,42,48)/t24-,25-,26-,30+,38?/m1/s1. The molecule has 13 nitrogen and oxygen atoms in total. The quantitative estimate of drug-likeness (QED) is 0.374. The third-order valence-corrected chi connectivity index (χ3v) is 13.6. The molecule has 1 unspecified atom stereocenters. The number of hydrogen-bond acceptors (Lipinski definition) is 9. The van der Waals surface area contributed by atoms with E-state index in [4.69, 9.17) is 21.1 Å². The van der Waals surface area contributed by atoms with Gasteiger partial charge in [-0.05, 0) is 76.0 Å². The van der Waals surface area contributed by atoms with Gasteiger partial charge in [0.1, 0.15) is 23.4 Å². The van der Waals surface area contributed by atoms with Crippen LogP contribution in [0, 0.1) is 11.8 Å². The molecule has 4 fully saturated rings. The van der Waals surface area contributed by atoms with Crippen molar-refractivity contribution >= 4 is 56.0 Å². The summed E-state index contributed by atoms with van der Waals surface area (Å²) in [6, 6.07) is 4.21. The molecule has 7 rings (SSSR count). The van der Waals surface area contributed by atoms with E-state index < -0.39 is 56.6 Å². The maximum Gasteiger partial charge on any atom is 0.259 e. The molecule has 5 aliphatic rings. The van der Waals surface area contributed by atoms with Gasteiger partial charge in [0.15, 0.2) is 0 Å². The molecule has 4 amide bonds. The second-order valence-corrected chi connectivity index (χ2v) is 17.5. The van der Waals surface area contributed by atoms with Gasteiger partial charge in [-0.3, -0.25) is 23.9 Å². The summed E-state index contributed by atoms with van der Waals surface area (Å²) in [5.41, 5.74) is -1.47. The molecular formula is C38H48ClN5O8S. The van der Waals surface area contributed by atoms with Crippen LogP contribution in [0.2, 0.25) is 5.02 Å². The molecule has 53 heavy (non-hydrogen) atoms. The normalized spacial score (nSPS) is 28.3. The fourth-order valence-electron chi connectivity index (χ4n) is 8.04. The molecule has 0 bridgehead atoms. The summed E-state index contributed by atoms with van der Waals surface area (Å²) >= 11 is 6.61. The highest BCUT2D eigenvalue weighted by atomic mass is 35.5. The van der Waals surface area contributed by atoms with Crippen molar-refractivity contribution in [2.75, 3.05) is 26.7 Å². The van der Waals surface area contributed by atoms with E-state index in [0.29, 0.717) is 53.9 Å². The first-order valence-electron chi connectivity index (χ1n) is 18.9. The number of ether oxygens (including phenoxy) is 2. The molecule has 3 aliphatic heterocycles. The van der Waals surface area contributed by atoms with Crippen LogP contribution in [-0.4, -0.2) is 96.5 Å². The first-order valence-corrected chi connectivity index (χ1v) is 20.8. The molecule has 4 heterocycles. The van der Waals surface area contributed by atoms with Gasteiger partial charge in [-0.15, -0.1) is 0 Å². The average Bonchev–Trinajstić information content (AvgIpc) is 4.08. The van der Waals surface area contributed by atoms with Crippen LogP contribution >= 0.6 is 11.6 Å². The fraction of sp³-hybridized carbons (Fsp3) is 0.605. The number of benzene rings is 1. The minimum absolute atomic E-state index is 0.0475. The molecule has 2 saturated carbocycles.